The summed E-state index contributed by atoms with van der Waals surface area (Å²) in [4.78, 5) is 12.6. The van der Waals surface area contributed by atoms with Gasteiger partial charge in [-0.05, 0) is 25.5 Å². The zero-order chi connectivity index (χ0) is 15.3. The van der Waals surface area contributed by atoms with Crippen molar-refractivity contribution in [1.82, 2.24) is 4.90 Å². The lowest BCUT2D eigenvalue weighted by Gasteiger charge is -2.35. The molecule has 112 valence electrons. The van der Waals surface area contributed by atoms with Gasteiger partial charge in [-0.25, -0.2) is 0 Å². The van der Waals surface area contributed by atoms with E-state index in [0.29, 0.717) is 6.54 Å². The first-order chi connectivity index (χ1) is 9.32. The van der Waals surface area contributed by atoms with Crippen LogP contribution in [0.15, 0.2) is 24.3 Å². The van der Waals surface area contributed by atoms with Gasteiger partial charge in [-0.3, -0.25) is 9.69 Å². The lowest BCUT2D eigenvalue weighted by atomic mass is 9.91. The topological polar surface area (TPSA) is 60.8 Å². The highest BCUT2D eigenvalue weighted by atomic mass is 16.4. The molecule has 0 bridgehead atoms. The molecular formula is C16H25NO3. The van der Waals surface area contributed by atoms with Crippen LogP contribution >= 0.6 is 0 Å². The Hall–Kier alpha value is -1.39. The van der Waals surface area contributed by atoms with Crippen LogP contribution < -0.4 is 0 Å². The highest BCUT2D eigenvalue weighted by Crippen LogP contribution is 2.26. The number of benzene rings is 1. The third-order valence-corrected chi connectivity index (χ3v) is 3.61. The second-order valence-electron chi connectivity index (χ2n) is 5.71. The average molecular weight is 279 g/mol. The summed E-state index contributed by atoms with van der Waals surface area (Å²) in [6.07, 6.45) is -0.533. The van der Waals surface area contributed by atoms with Crippen LogP contribution in [0.3, 0.4) is 0 Å². The van der Waals surface area contributed by atoms with Crippen LogP contribution in [0.5, 0.6) is 0 Å². The molecule has 0 aliphatic rings. The van der Waals surface area contributed by atoms with Crippen LogP contribution in [0.4, 0.5) is 0 Å². The van der Waals surface area contributed by atoms with Crippen molar-refractivity contribution in [3.8, 4) is 0 Å². The Bertz CT molecular complexity index is 428. The molecule has 0 amide bonds. The first kappa shape index (κ1) is 16.7. The maximum absolute atomic E-state index is 10.7. The van der Waals surface area contributed by atoms with Crippen LogP contribution in [0.25, 0.3) is 0 Å². The van der Waals surface area contributed by atoms with Gasteiger partial charge in [-0.2, -0.15) is 0 Å². The van der Waals surface area contributed by atoms with E-state index in [1.807, 2.05) is 57.0 Å². The Morgan fingerprint density at radius 2 is 1.80 bits per heavy atom. The zero-order valence-electron chi connectivity index (χ0n) is 12.7. The summed E-state index contributed by atoms with van der Waals surface area (Å²) < 4.78 is 0. The minimum absolute atomic E-state index is 0.0837. The van der Waals surface area contributed by atoms with Crippen molar-refractivity contribution in [1.29, 1.82) is 0 Å². The third kappa shape index (κ3) is 4.62. The highest BCUT2D eigenvalue weighted by Gasteiger charge is 2.28. The van der Waals surface area contributed by atoms with Gasteiger partial charge in [0, 0.05) is 12.6 Å². The molecule has 1 rings (SSSR count). The summed E-state index contributed by atoms with van der Waals surface area (Å²) >= 11 is 0. The molecule has 2 unspecified atom stereocenters. The number of nitrogens with zero attached hydrogens (tertiary/aromatic N) is 1. The quantitative estimate of drug-likeness (QED) is 0.805. The minimum atomic E-state index is -0.816. The number of carboxylic acid groups (broad SMARTS) is 1. The van der Waals surface area contributed by atoms with E-state index < -0.39 is 12.1 Å². The van der Waals surface area contributed by atoms with E-state index in [9.17, 15) is 9.90 Å². The highest BCUT2D eigenvalue weighted by molar-refractivity contribution is 5.66. The SMILES string of the molecule is Cc1ccc(C(O)C(C(C)C)N(C)CCC(=O)O)cc1. The van der Waals surface area contributed by atoms with Crippen LogP contribution in [0.2, 0.25) is 0 Å². The van der Waals surface area contributed by atoms with Crippen LogP contribution in [-0.2, 0) is 4.79 Å². The van der Waals surface area contributed by atoms with Gasteiger partial charge in [-0.1, -0.05) is 43.7 Å². The number of aryl methyl sites for hydroxylation is 1. The Labute approximate surface area is 121 Å². The molecule has 4 nitrogen and oxygen atoms in total. The molecule has 0 saturated carbocycles. The predicted octanol–water partition coefficient (Wildman–Crippen LogP) is 2.46. The summed E-state index contributed by atoms with van der Waals surface area (Å²) in [6.45, 7) is 6.52. The fraction of sp³-hybridized carbons (Fsp3) is 0.562. The summed E-state index contributed by atoms with van der Waals surface area (Å²) in [6, 6.07) is 7.72. The molecule has 0 fully saturated rings. The van der Waals surface area contributed by atoms with Crippen molar-refractivity contribution in [2.75, 3.05) is 13.6 Å². The van der Waals surface area contributed by atoms with Crippen LogP contribution in [0, 0.1) is 12.8 Å². The summed E-state index contributed by atoms with van der Waals surface area (Å²) in [5, 5.41) is 19.4. The van der Waals surface area contributed by atoms with Gasteiger partial charge < -0.3 is 10.2 Å². The predicted molar refractivity (Wildman–Crippen MR) is 79.6 cm³/mol. The summed E-state index contributed by atoms with van der Waals surface area (Å²) in [7, 11) is 1.87. The molecule has 0 radical (unpaired) electrons. The van der Waals surface area contributed by atoms with E-state index in [1.54, 1.807) is 0 Å². The molecule has 0 aliphatic heterocycles. The number of carbonyl (C=O) groups is 1. The van der Waals surface area contributed by atoms with E-state index in [1.165, 1.54) is 0 Å². The smallest absolute Gasteiger partial charge is 0.304 e. The maximum Gasteiger partial charge on any atom is 0.304 e. The number of aliphatic hydroxyl groups is 1. The molecule has 0 spiro atoms. The van der Waals surface area contributed by atoms with Crippen molar-refractivity contribution < 1.29 is 15.0 Å². The molecule has 2 N–H and O–H groups in total. The van der Waals surface area contributed by atoms with Crippen molar-refractivity contribution in [3.05, 3.63) is 35.4 Å². The zero-order valence-corrected chi connectivity index (χ0v) is 12.7. The van der Waals surface area contributed by atoms with Crippen molar-refractivity contribution in [2.24, 2.45) is 5.92 Å². The molecule has 1 aromatic rings. The second-order valence-corrected chi connectivity index (χ2v) is 5.71. The van der Waals surface area contributed by atoms with E-state index in [0.717, 1.165) is 11.1 Å². The fourth-order valence-electron chi connectivity index (χ4n) is 2.50. The average Bonchev–Trinajstić information content (AvgIpc) is 2.36. The molecule has 2 atom stereocenters. The molecule has 20 heavy (non-hydrogen) atoms. The number of likely N-dealkylation sites (N-methyl/N-ethyl adjacent to an activating group) is 1. The molecule has 4 heteroatoms. The van der Waals surface area contributed by atoms with Gasteiger partial charge in [0.05, 0.1) is 12.5 Å². The molecule has 0 aliphatic carbocycles. The summed E-state index contributed by atoms with van der Waals surface area (Å²) in [5.41, 5.74) is 2.03. The third-order valence-electron chi connectivity index (χ3n) is 3.61. The standard InChI is InChI=1S/C16H25NO3/c1-11(2)15(17(4)10-9-14(18)19)16(20)13-7-5-12(3)6-8-13/h5-8,11,15-16,20H,9-10H2,1-4H3,(H,18,19). The maximum atomic E-state index is 10.7. The lowest BCUT2D eigenvalue weighted by molar-refractivity contribution is -0.137. The van der Waals surface area contributed by atoms with Gasteiger partial charge >= 0.3 is 5.97 Å². The Morgan fingerprint density at radius 1 is 1.25 bits per heavy atom. The van der Waals surface area contributed by atoms with Gasteiger partial charge in [0.1, 0.15) is 0 Å². The van der Waals surface area contributed by atoms with Crippen LogP contribution in [-0.4, -0.2) is 40.7 Å². The molecular weight excluding hydrogens is 254 g/mol. The number of carboxylic acids is 1. The lowest BCUT2D eigenvalue weighted by Crippen LogP contribution is -2.41. The van der Waals surface area contributed by atoms with E-state index >= 15 is 0 Å². The minimum Gasteiger partial charge on any atom is -0.481 e. The summed E-state index contributed by atoms with van der Waals surface area (Å²) in [5.74, 6) is -0.589. The Morgan fingerprint density at radius 3 is 2.25 bits per heavy atom. The van der Waals surface area contributed by atoms with E-state index in [-0.39, 0.29) is 18.4 Å². The number of aliphatic hydroxyl groups excluding tert-OH is 1. The Balaban J connectivity index is 2.83. The fourth-order valence-corrected chi connectivity index (χ4v) is 2.50. The van der Waals surface area contributed by atoms with Gasteiger partial charge in [0.2, 0.25) is 0 Å². The van der Waals surface area contributed by atoms with Crippen molar-refractivity contribution in [2.45, 2.75) is 39.3 Å². The van der Waals surface area contributed by atoms with E-state index in [2.05, 4.69) is 0 Å². The first-order valence-electron chi connectivity index (χ1n) is 6.99. The number of aliphatic carboxylic acids is 1. The van der Waals surface area contributed by atoms with Crippen molar-refractivity contribution >= 4 is 5.97 Å². The largest absolute Gasteiger partial charge is 0.481 e. The molecule has 1 aromatic carbocycles. The van der Waals surface area contributed by atoms with Crippen LogP contribution in [0.1, 0.15) is 37.5 Å². The van der Waals surface area contributed by atoms with E-state index in [4.69, 9.17) is 5.11 Å². The monoisotopic (exact) mass is 279 g/mol. The van der Waals surface area contributed by atoms with Crippen molar-refractivity contribution in [3.63, 3.8) is 0 Å². The molecule has 0 aromatic heterocycles. The van der Waals surface area contributed by atoms with Gasteiger partial charge in [0.15, 0.2) is 0 Å². The van der Waals surface area contributed by atoms with Gasteiger partial charge in [-0.15, -0.1) is 0 Å². The normalized spacial score (nSPS) is 14.6. The Kier molecular flexibility index (Phi) is 6.17. The number of rotatable bonds is 7. The number of hydrogen-bond donors (Lipinski definition) is 2. The molecule has 0 heterocycles. The second kappa shape index (κ2) is 7.41. The number of hydrogen-bond acceptors (Lipinski definition) is 3. The molecule has 0 saturated heterocycles. The first-order valence-corrected chi connectivity index (χ1v) is 6.99. The van der Waals surface area contributed by atoms with Gasteiger partial charge in [0.25, 0.3) is 0 Å².